The molecule has 0 saturated heterocycles. The summed E-state index contributed by atoms with van der Waals surface area (Å²) in [5.74, 6) is 0.602. The van der Waals surface area contributed by atoms with Gasteiger partial charge in [-0.2, -0.15) is 0 Å². The average Bonchev–Trinajstić information content (AvgIpc) is 3.36. The number of primary sulfonamides is 1. The van der Waals surface area contributed by atoms with Crippen LogP contribution in [0.1, 0.15) is 34.3 Å². The minimum absolute atomic E-state index is 0.153. The van der Waals surface area contributed by atoms with Crippen LogP contribution in [0.4, 0.5) is 0 Å². The maximum atomic E-state index is 12.1. The van der Waals surface area contributed by atoms with E-state index in [-0.39, 0.29) is 9.36 Å². The van der Waals surface area contributed by atoms with Crippen molar-refractivity contribution in [2.75, 3.05) is 0 Å². The molecule has 6 nitrogen and oxygen atoms in total. The first-order valence-electron chi connectivity index (χ1n) is 10.3. The van der Waals surface area contributed by atoms with Crippen molar-refractivity contribution < 1.29 is 13.2 Å². The van der Waals surface area contributed by atoms with E-state index >= 15 is 0 Å². The molecule has 2 aromatic heterocycles. The molecule has 0 aliphatic heterocycles. The molecule has 0 atom stereocenters. The van der Waals surface area contributed by atoms with Gasteiger partial charge in [0.25, 0.3) is 0 Å². The molecule has 4 aromatic rings. The van der Waals surface area contributed by atoms with Gasteiger partial charge in [-0.05, 0) is 23.6 Å². The topological polar surface area (TPSA) is 95.0 Å². The average molecular weight is 500 g/mol. The number of hydrogen-bond donors (Lipinski definition) is 1. The molecule has 0 bridgehead atoms. The number of rotatable bonds is 8. The van der Waals surface area contributed by atoms with Gasteiger partial charge in [0.15, 0.2) is 11.4 Å². The van der Waals surface area contributed by atoms with Crippen LogP contribution in [-0.2, 0) is 23.0 Å². The number of aromatic nitrogens is 2. The van der Waals surface area contributed by atoms with Crippen LogP contribution in [0.5, 0.6) is 0 Å². The van der Waals surface area contributed by atoms with Crippen molar-refractivity contribution in [3.05, 3.63) is 82.0 Å². The molecular formula is C24H22ClN3O3S2. The lowest BCUT2D eigenvalue weighted by Crippen LogP contribution is -2.11. The first-order chi connectivity index (χ1) is 15.8. The van der Waals surface area contributed by atoms with Gasteiger partial charge in [0.2, 0.25) is 10.0 Å². The normalized spacial score (nSPS) is 11.6. The molecule has 2 N–H and O–H groups in total. The highest BCUT2D eigenvalue weighted by Gasteiger charge is 2.20. The number of hydrogen-bond acceptors (Lipinski definition) is 5. The van der Waals surface area contributed by atoms with E-state index in [2.05, 4.69) is 4.98 Å². The fourth-order valence-corrected chi connectivity index (χ4v) is 6.20. The van der Waals surface area contributed by atoms with Gasteiger partial charge in [-0.3, -0.25) is 4.79 Å². The molecule has 170 valence electrons. The zero-order valence-electron chi connectivity index (χ0n) is 17.9. The van der Waals surface area contributed by atoms with Gasteiger partial charge < -0.3 is 4.57 Å². The molecule has 2 heterocycles. The van der Waals surface area contributed by atoms with Crippen LogP contribution in [0.15, 0.2) is 64.9 Å². The summed E-state index contributed by atoms with van der Waals surface area (Å²) in [5, 5.41) is 5.62. The smallest absolute Gasteiger partial charge is 0.248 e. The van der Waals surface area contributed by atoms with Gasteiger partial charge in [0.05, 0.1) is 0 Å². The van der Waals surface area contributed by atoms with Crippen LogP contribution in [0.2, 0.25) is 5.15 Å². The minimum Gasteiger partial charge on any atom is -0.316 e. The molecule has 0 unspecified atom stereocenters. The molecule has 0 fully saturated rings. The Balaban J connectivity index is 1.70. The van der Waals surface area contributed by atoms with E-state index in [9.17, 15) is 13.2 Å². The number of carbonyl (C=O) groups excluding carboxylic acids is 1. The summed E-state index contributed by atoms with van der Waals surface area (Å²) in [7, 11) is -3.83. The third-order valence-electron chi connectivity index (χ3n) is 5.21. The van der Waals surface area contributed by atoms with Crippen molar-refractivity contribution in [2.24, 2.45) is 5.14 Å². The highest BCUT2D eigenvalue weighted by atomic mass is 35.5. The first kappa shape index (κ1) is 23.4. The van der Waals surface area contributed by atoms with Crippen LogP contribution in [0, 0.1) is 0 Å². The molecule has 0 radical (unpaired) electrons. The third-order valence-corrected chi connectivity index (χ3v) is 8.17. The number of halogens is 1. The summed E-state index contributed by atoms with van der Waals surface area (Å²) in [6.45, 7) is 2.43. The Bertz CT molecular complexity index is 1390. The first-order valence-corrected chi connectivity index (χ1v) is 13.1. The van der Waals surface area contributed by atoms with Crippen LogP contribution < -0.4 is 5.14 Å². The number of nitrogens with two attached hydrogens (primary N) is 1. The van der Waals surface area contributed by atoms with Gasteiger partial charge in [0, 0.05) is 22.5 Å². The number of benzene rings is 2. The summed E-state index contributed by atoms with van der Waals surface area (Å²) >= 11 is 7.45. The Kier molecular flexibility index (Phi) is 6.81. The number of carbonyl (C=O) groups is 1. The number of thiophene rings is 1. The molecule has 0 saturated carbocycles. The van der Waals surface area contributed by atoms with Crippen molar-refractivity contribution in [1.82, 2.24) is 9.55 Å². The molecule has 33 heavy (non-hydrogen) atoms. The SMILES string of the molecule is CCCc1cc(-c2ccc(Cn3c(-c4ccccc4)nc(Cl)c3C=O)cc2)c(S(N)(=O)=O)s1. The van der Waals surface area contributed by atoms with Crippen molar-refractivity contribution in [3.63, 3.8) is 0 Å². The van der Waals surface area contributed by atoms with Gasteiger partial charge in [-0.1, -0.05) is 79.5 Å². The number of aryl methyl sites for hydroxylation is 1. The summed E-state index contributed by atoms with van der Waals surface area (Å²) in [4.78, 5) is 17.1. The standard InChI is InChI=1S/C24H22ClN3O3S2/c1-2-6-19-13-20(24(32-19)33(26,30)31)17-11-9-16(10-12-17)14-28-21(15-29)22(25)27-23(28)18-7-4-3-5-8-18/h3-5,7-13,15H,2,6,14H2,1H3,(H2,26,30,31). The van der Waals surface area contributed by atoms with E-state index in [0.717, 1.165) is 34.4 Å². The van der Waals surface area contributed by atoms with Gasteiger partial charge in [-0.15, -0.1) is 11.3 Å². The number of aldehydes is 1. The highest BCUT2D eigenvalue weighted by Crippen LogP contribution is 2.35. The van der Waals surface area contributed by atoms with E-state index in [1.165, 1.54) is 11.3 Å². The van der Waals surface area contributed by atoms with Crippen molar-refractivity contribution in [1.29, 1.82) is 0 Å². The van der Waals surface area contributed by atoms with Crippen LogP contribution >= 0.6 is 22.9 Å². The van der Waals surface area contributed by atoms with Crippen LogP contribution in [-0.4, -0.2) is 24.3 Å². The van der Waals surface area contributed by atoms with Crippen molar-refractivity contribution in [2.45, 2.75) is 30.5 Å². The Morgan fingerprint density at radius 1 is 1.09 bits per heavy atom. The van der Waals surface area contributed by atoms with Crippen LogP contribution in [0.25, 0.3) is 22.5 Å². The highest BCUT2D eigenvalue weighted by molar-refractivity contribution is 7.91. The predicted octanol–water partition coefficient (Wildman–Crippen LogP) is 5.39. The van der Waals surface area contributed by atoms with Crippen molar-refractivity contribution in [3.8, 4) is 22.5 Å². The van der Waals surface area contributed by atoms with E-state index < -0.39 is 10.0 Å². The summed E-state index contributed by atoms with van der Waals surface area (Å²) in [5.41, 5.74) is 3.45. The monoisotopic (exact) mass is 499 g/mol. The van der Waals surface area contributed by atoms with E-state index in [1.807, 2.05) is 67.6 Å². The second kappa shape index (κ2) is 9.61. The second-order valence-corrected chi connectivity index (χ2v) is 10.8. The Morgan fingerprint density at radius 3 is 2.39 bits per heavy atom. The van der Waals surface area contributed by atoms with Gasteiger partial charge >= 0.3 is 0 Å². The number of nitrogens with zero attached hydrogens (tertiary/aromatic N) is 2. The molecule has 2 aromatic carbocycles. The van der Waals surface area contributed by atoms with E-state index in [4.69, 9.17) is 16.7 Å². The van der Waals surface area contributed by atoms with Gasteiger partial charge in [0.1, 0.15) is 15.7 Å². The molecule has 9 heteroatoms. The maximum absolute atomic E-state index is 12.1. The molecule has 0 spiro atoms. The Hall–Kier alpha value is -2.78. The minimum atomic E-state index is -3.83. The fourth-order valence-electron chi connectivity index (χ4n) is 3.69. The third kappa shape index (κ3) is 4.94. The second-order valence-electron chi connectivity index (χ2n) is 7.59. The molecule has 0 aliphatic carbocycles. The maximum Gasteiger partial charge on any atom is 0.248 e. The number of imidazole rings is 1. The lowest BCUT2D eigenvalue weighted by molar-refractivity contribution is 0.111. The largest absolute Gasteiger partial charge is 0.316 e. The van der Waals surface area contributed by atoms with Gasteiger partial charge in [-0.25, -0.2) is 18.5 Å². The van der Waals surface area contributed by atoms with E-state index in [1.54, 1.807) is 4.57 Å². The molecule has 0 aliphatic rings. The summed E-state index contributed by atoms with van der Waals surface area (Å²) < 4.78 is 26.2. The Morgan fingerprint density at radius 2 is 1.79 bits per heavy atom. The molecule has 0 amide bonds. The number of sulfonamides is 1. The van der Waals surface area contributed by atoms with Crippen LogP contribution in [0.3, 0.4) is 0 Å². The fraction of sp³-hybridized carbons (Fsp3) is 0.167. The predicted molar refractivity (Wildman–Crippen MR) is 132 cm³/mol. The molecule has 4 rings (SSSR count). The lowest BCUT2D eigenvalue weighted by atomic mass is 10.1. The Labute approximate surface area is 201 Å². The quantitative estimate of drug-likeness (QED) is 0.329. The summed E-state index contributed by atoms with van der Waals surface area (Å²) in [6.07, 6.45) is 2.41. The zero-order valence-corrected chi connectivity index (χ0v) is 20.3. The zero-order chi connectivity index (χ0) is 23.6. The summed E-state index contributed by atoms with van der Waals surface area (Å²) in [6, 6.07) is 18.9. The van der Waals surface area contributed by atoms with Crippen molar-refractivity contribution >= 4 is 39.2 Å². The lowest BCUT2D eigenvalue weighted by Gasteiger charge is -2.11. The molecular weight excluding hydrogens is 478 g/mol. The van der Waals surface area contributed by atoms with E-state index in [0.29, 0.717) is 29.9 Å².